The van der Waals surface area contributed by atoms with E-state index in [1.54, 1.807) is 0 Å². The standard InChI is InChI=1S/C16H12F5N3O/c17-12-5-4-10(14(18)7-12)8-23-24-15(25)9-22-13-3-1-2-11(6-13)16(19,20)21/h1-8,22H,9H2,(H,24,25). The third-order valence-corrected chi connectivity index (χ3v) is 3.00. The monoisotopic (exact) mass is 357 g/mol. The van der Waals surface area contributed by atoms with Crippen LogP contribution in [0.4, 0.5) is 27.6 Å². The Balaban J connectivity index is 1.88. The van der Waals surface area contributed by atoms with Gasteiger partial charge in [0, 0.05) is 17.3 Å². The molecule has 0 heterocycles. The van der Waals surface area contributed by atoms with Gasteiger partial charge in [0.2, 0.25) is 0 Å². The fourth-order valence-corrected chi connectivity index (χ4v) is 1.81. The topological polar surface area (TPSA) is 53.5 Å². The van der Waals surface area contributed by atoms with Gasteiger partial charge in [-0.25, -0.2) is 14.2 Å². The number of carbonyl (C=O) groups excluding carboxylic acids is 1. The van der Waals surface area contributed by atoms with Crippen molar-refractivity contribution < 1.29 is 26.7 Å². The second-order valence-electron chi connectivity index (χ2n) is 4.89. The van der Waals surface area contributed by atoms with Gasteiger partial charge in [-0.05, 0) is 30.3 Å². The molecule has 0 aliphatic rings. The van der Waals surface area contributed by atoms with Crippen molar-refractivity contribution in [3.8, 4) is 0 Å². The second-order valence-corrected chi connectivity index (χ2v) is 4.89. The molecule has 1 amide bonds. The molecule has 0 spiro atoms. The molecule has 25 heavy (non-hydrogen) atoms. The number of rotatable bonds is 5. The number of amides is 1. The Bertz CT molecular complexity index is 790. The summed E-state index contributed by atoms with van der Waals surface area (Å²) in [6.07, 6.45) is -3.50. The minimum absolute atomic E-state index is 0.0347. The van der Waals surface area contributed by atoms with Crippen LogP contribution in [0.25, 0.3) is 0 Å². The second kappa shape index (κ2) is 7.73. The quantitative estimate of drug-likeness (QED) is 0.489. The van der Waals surface area contributed by atoms with Crippen molar-refractivity contribution in [1.82, 2.24) is 5.43 Å². The lowest BCUT2D eigenvalue weighted by atomic mass is 10.2. The first-order valence-electron chi connectivity index (χ1n) is 6.94. The van der Waals surface area contributed by atoms with Gasteiger partial charge in [0.25, 0.3) is 5.91 Å². The van der Waals surface area contributed by atoms with Gasteiger partial charge >= 0.3 is 6.18 Å². The summed E-state index contributed by atoms with van der Waals surface area (Å²) in [4.78, 5) is 11.6. The molecular weight excluding hydrogens is 345 g/mol. The molecule has 0 radical (unpaired) electrons. The summed E-state index contributed by atoms with van der Waals surface area (Å²) in [6, 6.07) is 7.19. The van der Waals surface area contributed by atoms with Gasteiger partial charge in [0.1, 0.15) is 11.6 Å². The number of alkyl halides is 3. The average Bonchev–Trinajstić information content (AvgIpc) is 2.54. The SMILES string of the molecule is O=C(CNc1cccc(C(F)(F)F)c1)NN=Cc1ccc(F)cc1F. The Hall–Kier alpha value is -2.97. The lowest BCUT2D eigenvalue weighted by molar-refractivity contribution is -0.137. The number of hydrogen-bond acceptors (Lipinski definition) is 3. The normalized spacial score (nSPS) is 11.6. The average molecular weight is 357 g/mol. The molecule has 0 saturated carbocycles. The number of carbonyl (C=O) groups is 1. The van der Waals surface area contributed by atoms with E-state index in [1.807, 2.05) is 0 Å². The van der Waals surface area contributed by atoms with Gasteiger partial charge in [0.05, 0.1) is 18.3 Å². The van der Waals surface area contributed by atoms with Gasteiger partial charge in [-0.1, -0.05) is 6.07 Å². The van der Waals surface area contributed by atoms with Crippen LogP contribution in [-0.4, -0.2) is 18.7 Å². The predicted molar refractivity (Wildman–Crippen MR) is 82.0 cm³/mol. The number of nitrogens with zero attached hydrogens (tertiary/aromatic N) is 1. The highest BCUT2D eigenvalue weighted by atomic mass is 19.4. The molecule has 0 aliphatic heterocycles. The molecule has 0 aromatic heterocycles. The summed E-state index contributed by atoms with van der Waals surface area (Å²) in [5.41, 5.74) is 1.30. The summed E-state index contributed by atoms with van der Waals surface area (Å²) >= 11 is 0. The van der Waals surface area contributed by atoms with Crippen LogP contribution in [0.15, 0.2) is 47.6 Å². The van der Waals surface area contributed by atoms with Crippen LogP contribution in [0, 0.1) is 11.6 Å². The molecule has 0 bridgehead atoms. The van der Waals surface area contributed by atoms with Crippen LogP contribution in [0.1, 0.15) is 11.1 Å². The molecule has 0 fully saturated rings. The first kappa shape index (κ1) is 18.4. The fraction of sp³-hybridized carbons (Fsp3) is 0.125. The maximum atomic E-state index is 13.3. The highest BCUT2D eigenvalue weighted by molar-refractivity contribution is 5.84. The van der Waals surface area contributed by atoms with Gasteiger partial charge in [-0.15, -0.1) is 0 Å². The number of benzene rings is 2. The Labute approximate surface area is 139 Å². The zero-order valence-corrected chi connectivity index (χ0v) is 12.6. The predicted octanol–water partition coefficient (Wildman–Crippen LogP) is 3.55. The van der Waals surface area contributed by atoms with Crippen LogP contribution in [0.3, 0.4) is 0 Å². The highest BCUT2D eigenvalue weighted by Gasteiger charge is 2.30. The Morgan fingerprint density at radius 1 is 1.12 bits per heavy atom. The van der Waals surface area contributed by atoms with Crippen LogP contribution < -0.4 is 10.7 Å². The molecule has 0 saturated heterocycles. The fourth-order valence-electron chi connectivity index (χ4n) is 1.81. The van der Waals surface area contributed by atoms with Crippen molar-refractivity contribution in [2.75, 3.05) is 11.9 Å². The van der Waals surface area contributed by atoms with Crippen molar-refractivity contribution in [2.24, 2.45) is 5.10 Å². The van der Waals surface area contributed by atoms with E-state index in [9.17, 15) is 26.7 Å². The number of nitrogens with one attached hydrogen (secondary N) is 2. The van der Waals surface area contributed by atoms with Gasteiger partial charge in [-0.2, -0.15) is 18.3 Å². The number of halogens is 5. The molecule has 0 atom stereocenters. The third kappa shape index (κ3) is 5.55. The zero-order valence-electron chi connectivity index (χ0n) is 12.6. The lowest BCUT2D eigenvalue weighted by Crippen LogP contribution is -2.26. The molecular formula is C16H12F5N3O. The minimum Gasteiger partial charge on any atom is -0.376 e. The minimum atomic E-state index is -4.48. The first-order chi connectivity index (χ1) is 11.8. The molecule has 2 aromatic rings. The van der Waals surface area contributed by atoms with E-state index in [0.29, 0.717) is 6.07 Å². The molecule has 0 aliphatic carbocycles. The van der Waals surface area contributed by atoms with Gasteiger partial charge < -0.3 is 5.32 Å². The maximum Gasteiger partial charge on any atom is 0.416 e. The summed E-state index contributed by atoms with van der Waals surface area (Å²) < 4.78 is 63.8. The number of anilines is 1. The van der Waals surface area contributed by atoms with E-state index in [2.05, 4.69) is 15.8 Å². The Morgan fingerprint density at radius 2 is 1.88 bits per heavy atom. The van der Waals surface area contributed by atoms with E-state index < -0.39 is 29.3 Å². The molecule has 132 valence electrons. The maximum absolute atomic E-state index is 13.3. The number of hydrazone groups is 1. The van der Waals surface area contributed by atoms with Crippen molar-refractivity contribution in [2.45, 2.75) is 6.18 Å². The van der Waals surface area contributed by atoms with E-state index in [0.717, 1.165) is 30.5 Å². The van der Waals surface area contributed by atoms with Crippen LogP contribution in [-0.2, 0) is 11.0 Å². The smallest absolute Gasteiger partial charge is 0.376 e. The van der Waals surface area contributed by atoms with Crippen LogP contribution >= 0.6 is 0 Å². The van der Waals surface area contributed by atoms with E-state index in [1.165, 1.54) is 12.1 Å². The summed E-state index contributed by atoms with van der Waals surface area (Å²) in [7, 11) is 0. The molecule has 2 rings (SSSR count). The highest BCUT2D eigenvalue weighted by Crippen LogP contribution is 2.30. The van der Waals surface area contributed by atoms with Gasteiger partial charge in [0.15, 0.2) is 0 Å². The summed E-state index contributed by atoms with van der Waals surface area (Å²) in [5.74, 6) is -2.25. The van der Waals surface area contributed by atoms with E-state index in [4.69, 9.17) is 0 Å². The van der Waals surface area contributed by atoms with Gasteiger partial charge in [-0.3, -0.25) is 4.79 Å². The first-order valence-corrected chi connectivity index (χ1v) is 6.94. The Morgan fingerprint density at radius 3 is 2.56 bits per heavy atom. The van der Waals surface area contributed by atoms with Crippen molar-refractivity contribution in [3.05, 3.63) is 65.2 Å². The molecule has 4 nitrogen and oxygen atoms in total. The molecule has 0 unspecified atom stereocenters. The molecule has 2 N–H and O–H groups in total. The zero-order chi connectivity index (χ0) is 18.4. The molecule has 9 heteroatoms. The van der Waals surface area contributed by atoms with E-state index in [-0.39, 0.29) is 17.8 Å². The Kier molecular flexibility index (Phi) is 5.68. The molecule has 2 aromatic carbocycles. The van der Waals surface area contributed by atoms with Crippen LogP contribution in [0.5, 0.6) is 0 Å². The number of hydrogen-bond donors (Lipinski definition) is 2. The van der Waals surface area contributed by atoms with Crippen molar-refractivity contribution >= 4 is 17.8 Å². The van der Waals surface area contributed by atoms with Crippen LogP contribution in [0.2, 0.25) is 0 Å². The third-order valence-electron chi connectivity index (χ3n) is 3.00. The summed E-state index contributed by atoms with van der Waals surface area (Å²) in [5, 5.41) is 6.01. The van der Waals surface area contributed by atoms with E-state index >= 15 is 0 Å². The van der Waals surface area contributed by atoms with Crippen molar-refractivity contribution in [3.63, 3.8) is 0 Å². The lowest BCUT2D eigenvalue weighted by Gasteiger charge is -2.10. The largest absolute Gasteiger partial charge is 0.416 e. The summed E-state index contributed by atoms with van der Waals surface area (Å²) in [6.45, 7) is -0.343. The van der Waals surface area contributed by atoms with Crippen molar-refractivity contribution in [1.29, 1.82) is 0 Å².